The van der Waals surface area contributed by atoms with Crippen molar-refractivity contribution >= 4 is 39.0 Å². The van der Waals surface area contributed by atoms with Crippen molar-refractivity contribution in [3.63, 3.8) is 0 Å². The molecule has 0 aliphatic rings. The van der Waals surface area contributed by atoms with Crippen LogP contribution < -0.4 is 5.73 Å². The van der Waals surface area contributed by atoms with E-state index in [9.17, 15) is 4.79 Å². The Hall–Kier alpha value is -1.39. The molecule has 1 aromatic heterocycles. The second-order valence-electron chi connectivity index (χ2n) is 3.78. The summed E-state index contributed by atoms with van der Waals surface area (Å²) in [5.74, 6) is -0.141. The summed E-state index contributed by atoms with van der Waals surface area (Å²) in [5, 5.41) is 0.548. The molecular formula is C13H10BrClN2O. The first-order valence-electron chi connectivity index (χ1n) is 5.25. The van der Waals surface area contributed by atoms with Crippen LogP contribution in [0, 0.1) is 0 Å². The number of ketones is 1. The van der Waals surface area contributed by atoms with Crippen LogP contribution in [0.3, 0.4) is 0 Å². The third-order valence-corrected chi connectivity index (χ3v) is 3.31. The molecule has 18 heavy (non-hydrogen) atoms. The van der Waals surface area contributed by atoms with Gasteiger partial charge in [-0.2, -0.15) is 0 Å². The third-order valence-electron chi connectivity index (χ3n) is 2.47. The van der Waals surface area contributed by atoms with Gasteiger partial charge in [0.2, 0.25) is 0 Å². The fourth-order valence-corrected chi connectivity index (χ4v) is 2.31. The van der Waals surface area contributed by atoms with E-state index in [1.807, 2.05) is 12.1 Å². The zero-order valence-electron chi connectivity index (χ0n) is 9.36. The van der Waals surface area contributed by atoms with Crippen molar-refractivity contribution in [3.8, 4) is 0 Å². The van der Waals surface area contributed by atoms with Gasteiger partial charge in [-0.15, -0.1) is 0 Å². The number of aromatic nitrogens is 1. The number of hydrogen-bond donors (Lipinski definition) is 1. The minimum atomic E-state index is -0.141. The van der Waals surface area contributed by atoms with Crippen LogP contribution in [0.2, 0.25) is 5.02 Å². The highest BCUT2D eigenvalue weighted by Crippen LogP contribution is 2.23. The van der Waals surface area contributed by atoms with Crippen LogP contribution in [0.15, 0.2) is 41.0 Å². The van der Waals surface area contributed by atoms with E-state index in [1.165, 1.54) is 0 Å². The van der Waals surface area contributed by atoms with E-state index in [0.717, 1.165) is 10.0 Å². The van der Waals surface area contributed by atoms with Gasteiger partial charge in [0, 0.05) is 22.1 Å². The van der Waals surface area contributed by atoms with Crippen molar-refractivity contribution in [1.82, 2.24) is 4.98 Å². The van der Waals surface area contributed by atoms with Crippen LogP contribution in [0.4, 0.5) is 5.69 Å². The van der Waals surface area contributed by atoms with E-state index in [4.69, 9.17) is 17.3 Å². The van der Waals surface area contributed by atoms with Crippen molar-refractivity contribution in [1.29, 1.82) is 0 Å². The zero-order valence-corrected chi connectivity index (χ0v) is 11.7. The van der Waals surface area contributed by atoms with Gasteiger partial charge in [0.1, 0.15) is 5.69 Å². The maximum absolute atomic E-state index is 12.1. The third kappa shape index (κ3) is 2.89. The van der Waals surface area contributed by atoms with Crippen molar-refractivity contribution in [3.05, 3.63) is 57.3 Å². The van der Waals surface area contributed by atoms with Crippen LogP contribution in [0.25, 0.3) is 0 Å². The topological polar surface area (TPSA) is 56.0 Å². The highest BCUT2D eigenvalue weighted by atomic mass is 79.9. The molecule has 3 nitrogen and oxygen atoms in total. The average molecular weight is 326 g/mol. The van der Waals surface area contributed by atoms with E-state index < -0.39 is 0 Å². The van der Waals surface area contributed by atoms with Crippen molar-refractivity contribution in [2.45, 2.75) is 6.42 Å². The molecular weight excluding hydrogens is 316 g/mol. The lowest BCUT2D eigenvalue weighted by molar-refractivity contribution is 0.0989. The summed E-state index contributed by atoms with van der Waals surface area (Å²) in [5.41, 5.74) is 7.15. The lowest BCUT2D eigenvalue weighted by Crippen LogP contribution is -2.09. The minimum absolute atomic E-state index is 0.141. The molecule has 0 radical (unpaired) electrons. The van der Waals surface area contributed by atoms with Gasteiger partial charge >= 0.3 is 0 Å². The molecule has 92 valence electrons. The Morgan fingerprint density at radius 2 is 2.17 bits per heavy atom. The van der Waals surface area contributed by atoms with Gasteiger partial charge in [0.15, 0.2) is 5.78 Å². The number of halogens is 2. The Bertz CT molecular complexity index is 601. The summed E-state index contributed by atoms with van der Waals surface area (Å²) in [4.78, 5) is 16.1. The number of rotatable bonds is 3. The number of benzene rings is 1. The van der Waals surface area contributed by atoms with E-state index in [1.54, 1.807) is 24.4 Å². The molecule has 1 aromatic carbocycles. The first-order valence-corrected chi connectivity index (χ1v) is 6.42. The van der Waals surface area contributed by atoms with E-state index >= 15 is 0 Å². The number of carbonyl (C=O) groups is 1. The standard InChI is InChI=1S/C13H10BrClN2O/c14-9-4-3-8(10(15)7-9)6-12(18)13-11(16)2-1-5-17-13/h1-5,7H,6,16H2. The summed E-state index contributed by atoms with van der Waals surface area (Å²) in [6.45, 7) is 0. The zero-order chi connectivity index (χ0) is 13.1. The molecule has 0 saturated heterocycles. The van der Waals surface area contributed by atoms with E-state index in [0.29, 0.717) is 10.7 Å². The van der Waals surface area contributed by atoms with Gasteiger partial charge in [-0.25, -0.2) is 0 Å². The summed E-state index contributed by atoms with van der Waals surface area (Å²) in [7, 11) is 0. The Kier molecular flexibility index (Phi) is 3.99. The first kappa shape index (κ1) is 13.1. The molecule has 0 atom stereocenters. The Morgan fingerprint density at radius 3 is 2.83 bits per heavy atom. The lowest BCUT2D eigenvalue weighted by atomic mass is 10.1. The number of anilines is 1. The maximum Gasteiger partial charge on any atom is 0.187 e. The van der Waals surface area contributed by atoms with Gasteiger partial charge in [-0.05, 0) is 29.8 Å². The minimum Gasteiger partial charge on any atom is -0.397 e. The van der Waals surface area contributed by atoms with Crippen molar-refractivity contribution in [2.24, 2.45) is 0 Å². The van der Waals surface area contributed by atoms with Gasteiger partial charge in [0.25, 0.3) is 0 Å². The predicted molar refractivity (Wildman–Crippen MR) is 75.8 cm³/mol. The first-order chi connectivity index (χ1) is 8.58. The largest absolute Gasteiger partial charge is 0.397 e. The van der Waals surface area contributed by atoms with Gasteiger partial charge in [-0.1, -0.05) is 33.6 Å². The van der Waals surface area contributed by atoms with Crippen molar-refractivity contribution < 1.29 is 4.79 Å². The number of pyridine rings is 1. The number of Topliss-reactive ketones (excluding diaryl/α,β-unsaturated/α-hetero) is 1. The summed E-state index contributed by atoms with van der Waals surface area (Å²) >= 11 is 9.38. The quantitative estimate of drug-likeness (QED) is 0.879. The average Bonchev–Trinajstić information content (AvgIpc) is 2.33. The van der Waals surface area contributed by atoms with Gasteiger partial charge in [-0.3, -0.25) is 9.78 Å². The van der Waals surface area contributed by atoms with E-state index in [-0.39, 0.29) is 17.9 Å². The van der Waals surface area contributed by atoms with Crippen LogP contribution in [-0.4, -0.2) is 10.8 Å². The second-order valence-corrected chi connectivity index (χ2v) is 5.10. The van der Waals surface area contributed by atoms with Gasteiger partial charge < -0.3 is 5.73 Å². The molecule has 0 saturated carbocycles. The Balaban J connectivity index is 2.24. The molecule has 2 rings (SSSR count). The molecule has 2 N–H and O–H groups in total. The van der Waals surface area contributed by atoms with Crippen LogP contribution in [0.1, 0.15) is 16.1 Å². The monoisotopic (exact) mass is 324 g/mol. The summed E-state index contributed by atoms with van der Waals surface area (Å²) in [6, 6.07) is 8.76. The molecule has 2 aromatic rings. The Morgan fingerprint density at radius 1 is 1.39 bits per heavy atom. The number of nitrogens with two attached hydrogens (primary N) is 1. The molecule has 1 heterocycles. The molecule has 0 aliphatic carbocycles. The Labute approximate surface area is 118 Å². The molecule has 5 heteroatoms. The van der Waals surface area contributed by atoms with Crippen LogP contribution >= 0.6 is 27.5 Å². The van der Waals surface area contributed by atoms with Crippen LogP contribution in [0.5, 0.6) is 0 Å². The number of nitrogens with zero attached hydrogens (tertiary/aromatic N) is 1. The molecule has 0 aliphatic heterocycles. The summed E-state index contributed by atoms with van der Waals surface area (Å²) in [6.07, 6.45) is 1.74. The SMILES string of the molecule is Nc1cccnc1C(=O)Cc1ccc(Br)cc1Cl. The maximum atomic E-state index is 12.1. The number of hydrogen-bond acceptors (Lipinski definition) is 3. The molecule has 0 amide bonds. The summed E-state index contributed by atoms with van der Waals surface area (Å²) < 4.78 is 0.876. The second kappa shape index (κ2) is 5.50. The smallest absolute Gasteiger partial charge is 0.187 e. The predicted octanol–water partition coefficient (Wildman–Crippen LogP) is 3.51. The fourth-order valence-electron chi connectivity index (χ4n) is 1.57. The number of carbonyl (C=O) groups excluding carboxylic acids is 1. The molecule has 0 spiro atoms. The molecule has 0 unspecified atom stereocenters. The van der Waals surface area contributed by atoms with Crippen LogP contribution in [-0.2, 0) is 6.42 Å². The number of nitrogen functional groups attached to an aromatic ring is 1. The molecule has 0 fully saturated rings. The molecule has 0 bridgehead atoms. The van der Waals surface area contributed by atoms with Gasteiger partial charge in [0.05, 0.1) is 5.69 Å². The van der Waals surface area contributed by atoms with E-state index in [2.05, 4.69) is 20.9 Å². The lowest BCUT2D eigenvalue weighted by Gasteiger charge is -2.05. The van der Waals surface area contributed by atoms with Crippen molar-refractivity contribution in [2.75, 3.05) is 5.73 Å². The highest BCUT2D eigenvalue weighted by Gasteiger charge is 2.13. The normalized spacial score (nSPS) is 10.3. The highest BCUT2D eigenvalue weighted by molar-refractivity contribution is 9.10. The fraction of sp³-hybridized carbons (Fsp3) is 0.0769.